The van der Waals surface area contributed by atoms with E-state index in [0.717, 1.165) is 12.1 Å². The fourth-order valence-corrected chi connectivity index (χ4v) is 4.28. The number of nitrogens with zero attached hydrogens (tertiary/aromatic N) is 1. The molecule has 1 saturated carbocycles. The van der Waals surface area contributed by atoms with Gasteiger partial charge in [0, 0.05) is 29.5 Å². The molecule has 2 aliphatic rings. The average Bonchev–Trinajstić information content (AvgIpc) is 3.16. The highest BCUT2D eigenvalue weighted by atomic mass is 32.1. The van der Waals surface area contributed by atoms with Crippen LogP contribution in [-0.2, 0) is 0 Å². The number of rotatable bonds is 6. The number of piperidine rings is 1. The summed E-state index contributed by atoms with van der Waals surface area (Å²) in [5, 5.41) is 5.94. The van der Waals surface area contributed by atoms with E-state index in [2.05, 4.69) is 34.7 Å². The Bertz CT molecular complexity index is 366. The third-order valence-corrected chi connectivity index (χ3v) is 5.49. The van der Waals surface area contributed by atoms with E-state index in [0.29, 0.717) is 6.04 Å². The SMILES string of the molecule is CCC(c1cccs1)N(CC1CCCCN1)C1CC1. The van der Waals surface area contributed by atoms with E-state index in [-0.39, 0.29) is 0 Å². The quantitative estimate of drug-likeness (QED) is 0.851. The van der Waals surface area contributed by atoms with Gasteiger partial charge in [-0.05, 0) is 50.1 Å². The molecular weight excluding hydrogens is 252 g/mol. The van der Waals surface area contributed by atoms with Gasteiger partial charge in [0.25, 0.3) is 0 Å². The second-order valence-corrected chi connectivity index (χ2v) is 6.99. The number of thiophene rings is 1. The molecule has 3 heteroatoms. The summed E-state index contributed by atoms with van der Waals surface area (Å²) in [6, 6.07) is 6.75. The first-order chi connectivity index (χ1) is 9.38. The van der Waals surface area contributed by atoms with Crippen molar-refractivity contribution in [2.45, 2.75) is 63.6 Å². The molecule has 2 heterocycles. The van der Waals surface area contributed by atoms with Crippen LogP contribution in [0.2, 0.25) is 0 Å². The summed E-state index contributed by atoms with van der Waals surface area (Å²) in [6.45, 7) is 4.81. The molecule has 0 bridgehead atoms. The fourth-order valence-electron chi connectivity index (χ4n) is 3.35. The first-order valence-corrected chi connectivity index (χ1v) is 8.79. The van der Waals surface area contributed by atoms with E-state index in [1.165, 1.54) is 51.6 Å². The van der Waals surface area contributed by atoms with Gasteiger partial charge in [0.05, 0.1) is 0 Å². The number of hydrogen-bond acceptors (Lipinski definition) is 3. The molecule has 2 atom stereocenters. The minimum atomic E-state index is 0.649. The summed E-state index contributed by atoms with van der Waals surface area (Å²) in [7, 11) is 0. The lowest BCUT2D eigenvalue weighted by atomic mass is 10.0. The van der Waals surface area contributed by atoms with Crippen molar-refractivity contribution in [2.24, 2.45) is 0 Å². The van der Waals surface area contributed by atoms with E-state index in [9.17, 15) is 0 Å². The maximum Gasteiger partial charge on any atom is 0.0442 e. The second kappa shape index (κ2) is 6.38. The normalized spacial score (nSPS) is 25.7. The Morgan fingerprint density at radius 1 is 1.37 bits per heavy atom. The van der Waals surface area contributed by atoms with Crippen LogP contribution in [0.25, 0.3) is 0 Å². The second-order valence-electron chi connectivity index (χ2n) is 6.01. The Morgan fingerprint density at radius 2 is 2.26 bits per heavy atom. The van der Waals surface area contributed by atoms with Crippen LogP contribution in [0.1, 0.15) is 56.4 Å². The summed E-state index contributed by atoms with van der Waals surface area (Å²) in [5.74, 6) is 0. The van der Waals surface area contributed by atoms with Crippen molar-refractivity contribution in [3.63, 3.8) is 0 Å². The van der Waals surface area contributed by atoms with Gasteiger partial charge in [-0.25, -0.2) is 0 Å². The number of nitrogens with one attached hydrogen (secondary N) is 1. The highest BCUT2D eigenvalue weighted by molar-refractivity contribution is 7.10. The first kappa shape index (κ1) is 13.6. The van der Waals surface area contributed by atoms with Crippen LogP contribution >= 0.6 is 11.3 Å². The van der Waals surface area contributed by atoms with Crippen LogP contribution in [0.15, 0.2) is 17.5 Å². The first-order valence-electron chi connectivity index (χ1n) is 7.91. The maximum absolute atomic E-state index is 3.72. The topological polar surface area (TPSA) is 15.3 Å². The molecule has 0 radical (unpaired) electrons. The standard InChI is InChI=1S/C16H26N2S/c1-2-15(16-7-5-11-19-16)18(14-8-9-14)12-13-6-3-4-10-17-13/h5,7,11,13-15,17H,2-4,6,8-10,12H2,1H3. The van der Waals surface area contributed by atoms with Gasteiger partial charge in [-0.2, -0.15) is 0 Å². The van der Waals surface area contributed by atoms with Gasteiger partial charge < -0.3 is 5.32 Å². The third-order valence-electron chi connectivity index (χ3n) is 4.52. The molecule has 3 rings (SSSR count). The third kappa shape index (κ3) is 3.39. The average molecular weight is 278 g/mol. The van der Waals surface area contributed by atoms with Gasteiger partial charge in [-0.15, -0.1) is 11.3 Å². The van der Waals surface area contributed by atoms with Crippen LogP contribution in [-0.4, -0.2) is 30.1 Å². The molecule has 1 saturated heterocycles. The lowest BCUT2D eigenvalue weighted by Gasteiger charge is -2.35. The Balaban J connectivity index is 1.68. The molecular formula is C16H26N2S. The van der Waals surface area contributed by atoms with Crippen molar-refractivity contribution in [3.8, 4) is 0 Å². The zero-order valence-corrected chi connectivity index (χ0v) is 12.8. The smallest absolute Gasteiger partial charge is 0.0442 e. The molecule has 1 aromatic rings. The molecule has 106 valence electrons. The van der Waals surface area contributed by atoms with Gasteiger partial charge in [0.2, 0.25) is 0 Å². The lowest BCUT2D eigenvalue weighted by Crippen LogP contribution is -2.45. The highest BCUT2D eigenvalue weighted by Gasteiger charge is 2.35. The van der Waals surface area contributed by atoms with E-state index in [1.54, 1.807) is 4.88 Å². The Hall–Kier alpha value is -0.380. The van der Waals surface area contributed by atoms with Crippen molar-refractivity contribution in [3.05, 3.63) is 22.4 Å². The van der Waals surface area contributed by atoms with Gasteiger partial charge in [0.1, 0.15) is 0 Å². The number of hydrogen-bond donors (Lipinski definition) is 1. The minimum absolute atomic E-state index is 0.649. The van der Waals surface area contributed by atoms with Crippen molar-refractivity contribution in [1.82, 2.24) is 10.2 Å². The molecule has 1 aromatic heterocycles. The summed E-state index contributed by atoms with van der Waals surface area (Å²) in [6.07, 6.45) is 8.20. The van der Waals surface area contributed by atoms with E-state index < -0.39 is 0 Å². The van der Waals surface area contributed by atoms with E-state index >= 15 is 0 Å². The summed E-state index contributed by atoms with van der Waals surface area (Å²) in [5.41, 5.74) is 0. The molecule has 2 nitrogen and oxygen atoms in total. The Kier molecular flexibility index (Phi) is 4.57. The van der Waals surface area contributed by atoms with Crippen molar-refractivity contribution in [2.75, 3.05) is 13.1 Å². The lowest BCUT2D eigenvalue weighted by molar-refractivity contribution is 0.154. The van der Waals surface area contributed by atoms with Crippen molar-refractivity contribution < 1.29 is 0 Å². The molecule has 1 aliphatic carbocycles. The van der Waals surface area contributed by atoms with Crippen LogP contribution in [0.4, 0.5) is 0 Å². The van der Waals surface area contributed by atoms with Crippen molar-refractivity contribution >= 4 is 11.3 Å². The molecule has 0 spiro atoms. The van der Waals surface area contributed by atoms with Gasteiger partial charge in [-0.1, -0.05) is 19.4 Å². The van der Waals surface area contributed by atoms with Gasteiger partial charge in [0.15, 0.2) is 0 Å². The largest absolute Gasteiger partial charge is 0.313 e. The molecule has 0 aromatic carbocycles. The minimum Gasteiger partial charge on any atom is -0.313 e. The molecule has 1 N–H and O–H groups in total. The monoisotopic (exact) mass is 278 g/mol. The zero-order chi connectivity index (χ0) is 13.1. The molecule has 0 amide bonds. The summed E-state index contributed by atoms with van der Waals surface area (Å²) in [4.78, 5) is 4.36. The fraction of sp³-hybridized carbons (Fsp3) is 0.750. The van der Waals surface area contributed by atoms with Crippen LogP contribution in [0.3, 0.4) is 0 Å². The van der Waals surface area contributed by atoms with E-state index in [1.807, 2.05) is 11.3 Å². The maximum atomic E-state index is 3.72. The zero-order valence-electron chi connectivity index (χ0n) is 12.0. The van der Waals surface area contributed by atoms with Crippen LogP contribution in [0, 0.1) is 0 Å². The summed E-state index contributed by atoms with van der Waals surface area (Å²) >= 11 is 1.93. The molecule has 1 aliphatic heterocycles. The molecule has 2 fully saturated rings. The highest BCUT2D eigenvalue weighted by Crippen LogP contribution is 2.37. The van der Waals surface area contributed by atoms with E-state index in [4.69, 9.17) is 0 Å². The predicted octanol–water partition coefficient (Wildman–Crippen LogP) is 3.81. The molecule has 19 heavy (non-hydrogen) atoms. The Labute approximate surface area is 121 Å². The summed E-state index contributed by atoms with van der Waals surface area (Å²) < 4.78 is 0. The van der Waals surface area contributed by atoms with Crippen molar-refractivity contribution in [1.29, 1.82) is 0 Å². The Morgan fingerprint density at radius 3 is 2.84 bits per heavy atom. The van der Waals surface area contributed by atoms with Gasteiger partial charge >= 0.3 is 0 Å². The van der Waals surface area contributed by atoms with Gasteiger partial charge in [-0.3, -0.25) is 4.90 Å². The van der Waals surface area contributed by atoms with Crippen LogP contribution < -0.4 is 5.32 Å². The van der Waals surface area contributed by atoms with Crippen LogP contribution in [0.5, 0.6) is 0 Å². The molecule has 2 unspecified atom stereocenters. The predicted molar refractivity (Wildman–Crippen MR) is 82.7 cm³/mol.